The minimum atomic E-state index is -0.124. The molecule has 0 atom stereocenters. The van der Waals surface area contributed by atoms with Crippen molar-refractivity contribution in [1.29, 1.82) is 0 Å². The summed E-state index contributed by atoms with van der Waals surface area (Å²) < 4.78 is 5.92. The number of carbonyl (C=O) groups is 1. The summed E-state index contributed by atoms with van der Waals surface area (Å²) in [7, 11) is 0. The molecule has 5 nitrogen and oxygen atoms in total. The number of fused-ring (bicyclic) bond motifs is 2. The van der Waals surface area contributed by atoms with Gasteiger partial charge in [-0.2, -0.15) is 0 Å². The summed E-state index contributed by atoms with van der Waals surface area (Å²) in [6, 6.07) is 13.0. The van der Waals surface area contributed by atoms with Gasteiger partial charge in [0.1, 0.15) is 11.5 Å². The van der Waals surface area contributed by atoms with Gasteiger partial charge in [0, 0.05) is 41.7 Å². The predicted molar refractivity (Wildman–Crippen MR) is 104 cm³/mol. The Hall–Kier alpha value is -2.79. The van der Waals surface area contributed by atoms with E-state index in [1.54, 1.807) is 24.3 Å². The van der Waals surface area contributed by atoms with Crippen molar-refractivity contribution in [2.75, 3.05) is 19.7 Å². The maximum Gasteiger partial charge on any atom is 0.253 e. The topological polar surface area (TPSA) is 75.8 Å². The quantitative estimate of drug-likeness (QED) is 0.821. The highest BCUT2D eigenvalue weighted by atomic mass is 16.5. The van der Waals surface area contributed by atoms with E-state index < -0.39 is 0 Å². The van der Waals surface area contributed by atoms with Crippen molar-refractivity contribution in [3.05, 3.63) is 65.7 Å². The summed E-state index contributed by atoms with van der Waals surface area (Å²) in [4.78, 5) is 14.7. The molecule has 1 amide bonds. The third kappa shape index (κ3) is 2.98. The fraction of sp³-hybridized carbons (Fsp3) is 0.318. The molecule has 2 heterocycles. The standard InChI is InChI=1S/C22H24N2O3/c1-15(17-4-2-3-5-19(17)25)21(26)24-10-8-22(9-11-24)14-27-20-7-6-16(13-23)12-18(20)22/h2-7,12,25H,1,8-11,13-14,23H2. The number of amides is 1. The highest BCUT2D eigenvalue weighted by molar-refractivity contribution is 6.19. The first kappa shape index (κ1) is 17.6. The molecule has 0 radical (unpaired) electrons. The Morgan fingerprint density at radius 1 is 1.22 bits per heavy atom. The zero-order chi connectivity index (χ0) is 19.0. The second-order valence-corrected chi connectivity index (χ2v) is 7.39. The van der Waals surface area contributed by atoms with Gasteiger partial charge in [0.05, 0.1) is 6.61 Å². The van der Waals surface area contributed by atoms with Crippen LogP contribution in [0.4, 0.5) is 0 Å². The molecule has 0 bridgehead atoms. The van der Waals surface area contributed by atoms with Crippen LogP contribution in [0.25, 0.3) is 5.57 Å². The van der Waals surface area contributed by atoms with Gasteiger partial charge in [0.25, 0.3) is 5.91 Å². The first-order valence-electron chi connectivity index (χ1n) is 9.27. The number of phenolic OH excluding ortho intramolecular Hbond substituents is 1. The second-order valence-electron chi connectivity index (χ2n) is 7.39. The molecule has 0 saturated carbocycles. The SMILES string of the molecule is C=C(C(=O)N1CCC2(CC1)COc1ccc(CN)cc12)c1ccccc1O. The van der Waals surface area contributed by atoms with Crippen molar-refractivity contribution < 1.29 is 14.6 Å². The Kier molecular flexibility index (Phi) is 4.40. The first-order valence-corrected chi connectivity index (χ1v) is 9.27. The van der Waals surface area contributed by atoms with Gasteiger partial charge in [-0.1, -0.05) is 36.9 Å². The van der Waals surface area contributed by atoms with Crippen molar-refractivity contribution in [3.63, 3.8) is 0 Å². The van der Waals surface area contributed by atoms with E-state index in [2.05, 4.69) is 12.6 Å². The van der Waals surface area contributed by atoms with Gasteiger partial charge in [-0.05, 0) is 30.5 Å². The summed E-state index contributed by atoms with van der Waals surface area (Å²) in [6.07, 6.45) is 1.68. The molecule has 1 fully saturated rings. The van der Waals surface area contributed by atoms with E-state index in [1.165, 1.54) is 5.56 Å². The van der Waals surface area contributed by atoms with Crippen LogP contribution in [-0.2, 0) is 16.8 Å². The lowest BCUT2D eigenvalue weighted by Crippen LogP contribution is -2.46. The Morgan fingerprint density at radius 2 is 1.96 bits per heavy atom. The average Bonchev–Trinajstić information content (AvgIpc) is 3.05. The number of ether oxygens (including phenoxy) is 1. The number of nitrogens with two attached hydrogens (primary N) is 1. The van der Waals surface area contributed by atoms with Crippen LogP contribution in [0.2, 0.25) is 0 Å². The molecule has 5 heteroatoms. The van der Waals surface area contributed by atoms with Crippen LogP contribution in [0.5, 0.6) is 11.5 Å². The normalized spacial score (nSPS) is 17.4. The van der Waals surface area contributed by atoms with Crippen molar-refractivity contribution in [3.8, 4) is 11.5 Å². The second kappa shape index (κ2) is 6.74. The maximum atomic E-state index is 12.9. The summed E-state index contributed by atoms with van der Waals surface area (Å²) in [5, 5.41) is 10.00. The van der Waals surface area contributed by atoms with Gasteiger partial charge in [0.2, 0.25) is 0 Å². The molecule has 0 aliphatic carbocycles. The number of aromatic hydroxyl groups is 1. The summed E-state index contributed by atoms with van der Waals surface area (Å²) in [5.74, 6) is 0.892. The zero-order valence-corrected chi connectivity index (χ0v) is 15.3. The molecule has 27 heavy (non-hydrogen) atoms. The summed E-state index contributed by atoms with van der Waals surface area (Å²) >= 11 is 0. The van der Waals surface area contributed by atoms with Crippen LogP contribution in [0.3, 0.4) is 0 Å². The fourth-order valence-corrected chi connectivity index (χ4v) is 4.12. The highest BCUT2D eigenvalue weighted by Crippen LogP contribution is 2.46. The number of benzene rings is 2. The van der Waals surface area contributed by atoms with Crippen molar-refractivity contribution in [2.24, 2.45) is 5.73 Å². The molecule has 2 aliphatic heterocycles. The molecule has 3 N–H and O–H groups in total. The van der Waals surface area contributed by atoms with Crippen LogP contribution in [-0.4, -0.2) is 35.6 Å². The number of para-hydroxylation sites is 1. The van der Waals surface area contributed by atoms with Crippen LogP contribution in [0.1, 0.15) is 29.5 Å². The molecule has 0 unspecified atom stereocenters. The third-order valence-corrected chi connectivity index (χ3v) is 5.85. The Labute approximate surface area is 159 Å². The lowest BCUT2D eigenvalue weighted by Gasteiger charge is -2.39. The van der Waals surface area contributed by atoms with Gasteiger partial charge in [-0.15, -0.1) is 0 Å². The summed E-state index contributed by atoms with van der Waals surface area (Å²) in [5.41, 5.74) is 8.90. The molecule has 4 rings (SSSR count). The number of hydrogen-bond acceptors (Lipinski definition) is 4. The molecule has 2 aliphatic rings. The Morgan fingerprint density at radius 3 is 2.67 bits per heavy atom. The van der Waals surface area contributed by atoms with E-state index in [9.17, 15) is 9.90 Å². The Bertz CT molecular complexity index is 898. The van der Waals surface area contributed by atoms with E-state index in [4.69, 9.17) is 10.5 Å². The zero-order valence-electron chi connectivity index (χ0n) is 15.3. The van der Waals surface area contributed by atoms with E-state index in [1.807, 2.05) is 17.0 Å². The van der Waals surface area contributed by atoms with E-state index in [0.29, 0.717) is 37.4 Å². The van der Waals surface area contributed by atoms with Crippen molar-refractivity contribution in [1.82, 2.24) is 4.90 Å². The average molecular weight is 364 g/mol. The van der Waals surface area contributed by atoms with Crippen LogP contribution in [0, 0.1) is 0 Å². The lowest BCUT2D eigenvalue weighted by molar-refractivity contribution is -0.126. The van der Waals surface area contributed by atoms with Crippen LogP contribution in [0.15, 0.2) is 49.0 Å². The van der Waals surface area contributed by atoms with Crippen LogP contribution < -0.4 is 10.5 Å². The number of phenols is 1. The van der Waals surface area contributed by atoms with Crippen LogP contribution >= 0.6 is 0 Å². The molecule has 1 saturated heterocycles. The number of likely N-dealkylation sites (tertiary alicyclic amines) is 1. The minimum Gasteiger partial charge on any atom is -0.507 e. The molecule has 0 aromatic heterocycles. The molecule has 1 spiro atoms. The number of hydrogen-bond donors (Lipinski definition) is 2. The van der Waals surface area contributed by atoms with Gasteiger partial charge in [-0.3, -0.25) is 4.79 Å². The van der Waals surface area contributed by atoms with E-state index >= 15 is 0 Å². The molecular formula is C22H24N2O3. The number of nitrogens with zero attached hydrogens (tertiary/aromatic N) is 1. The largest absolute Gasteiger partial charge is 0.507 e. The third-order valence-electron chi connectivity index (χ3n) is 5.85. The van der Waals surface area contributed by atoms with Crippen molar-refractivity contribution in [2.45, 2.75) is 24.8 Å². The smallest absolute Gasteiger partial charge is 0.253 e. The number of rotatable bonds is 3. The summed E-state index contributed by atoms with van der Waals surface area (Å²) in [6.45, 7) is 6.36. The van der Waals surface area contributed by atoms with E-state index in [-0.39, 0.29) is 17.1 Å². The molecular weight excluding hydrogens is 340 g/mol. The first-order chi connectivity index (χ1) is 13.0. The molecule has 140 valence electrons. The van der Waals surface area contributed by atoms with Gasteiger partial charge < -0.3 is 20.5 Å². The van der Waals surface area contributed by atoms with Gasteiger partial charge in [0.15, 0.2) is 0 Å². The van der Waals surface area contributed by atoms with Gasteiger partial charge in [-0.25, -0.2) is 0 Å². The minimum absolute atomic E-state index is 0.0481. The molecule has 2 aromatic carbocycles. The predicted octanol–water partition coefficient (Wildman–Crippen LogP) is 2.82. The number of carbonyl (C=O) groups excluding carboxylic acids is 1. The molecule has 2 aromatic rings. The fourth-order valence-electron chi connectivity index (χ4n) is 4.12. The van der Waals surface area contributed by atoms with E-state index in [0.717, 1.165) is 24.2 Å². The maximum absolute atomic E-state index is 12.9. The number of piperidine rings is 1. The van der Waals surface area contributed by atoms with Gasteiger partial charge >= 0.3 is 0 Å². The monoisotopic (exact) mass is 364 g/mol. The Balaban J connectivity index is 1.50. The highest BCUT2D eigenvalue weighted by Gasteiger charge is 2.44. The lowest BCUT2D eigenvalue weighted by atomic mass is 9.74. The van der Waals surface area contributed by atoms with Crippen molar-refractivity contribution >= 4 is 11.5 Å².